The van der Waals surface area contributed by atoms with E-state index in [9.17, 15) is 4.79 Å². The molecule has 0 aromatic carbocycles. The number of aliphatic hydroxyl groups excluding tert-OH is 1. The number of carbonyl (C=O) groups excluding carboxylic acids is 1. The van der Waals surface area contributed by atoms with Crippen molar-refractivity contribution in [2.75, 3.05) is 13.2 Å². The van der Waals surface area contributed by atoms with Crippen LogP contribution in [0, 0.1) is 0 Å². The van der Waals surface area contributed by atoms with Gasteiger partial charge in [-0.3, -0.25) is 0 Å². The van der Waals surface area contributed by atoms with E-state index < -0.39 is 0 Å². The van der Waals surface area contributed by atoms with Gasteiger partial charge < -0.3 is 15.6 Å². The highest BCUT2D eigenvalue weighted by Gasteiger charge is 1.98. The van der Waals surface area contributed by atoms with Gasteiger partial charge in [-0.1, -0.05) is 44.9 Å². The molecule has 0 atom stereocenters. The lowest BCUT2D eigenvalue weighted by Crippen LogP contribution is -2.05. The number of esters is 1. The van der Waals surface area contributed by atoms with Crippen LogP contribution in [0.3, 0.4) is 0 Å². The summed E-state index contributed by atoms with van der Waals surface area (Å²) in [6.07, 6.45) is 11.6. The molecule has 0 heterocycles. The monoisotopic (exact) mass is 271 g/mol. The molecule has 19 heavy (non-hydrogen) atoms. The third kappa shape index (κ3) is 14.9. The average Bonchev–Trinajstić information content (AvgIpc) is 2.35. The van der Waals surface area contributed by atoms with E-state index in [1.807, 2.05) is 0 Å². The molecule has 4 heteroatoms. The van der Waals surface area contributed by atoms with E-state index in [0.717, 1.165) is 25.7 Å². The average molecular weight is 271 g/mol. The molecule has 0 saturated heterocycles. The van der Waals surface area contributed by atoms with Gasteiger partial charge in [0.1, 0.15) is 0 Å². The molecule has 0 saturated carbocycles. The maximum absolute atomic E-state index is 11.1. The van der Waals surface area contributed by atoms with Crippen molar-refractivity contribution in [3.63, 3.8) is 0 Å². The Morgan fingerprint density at radius 3 is 1.95 bits per heavy atom. The predicted octanol–water partition coefficient (Wildman–Crippen LogP) is 2.90. The highest BCUT2D eigenvalue weighted by atomic mass is 16.5. The second kappa shape index (κ2) is 13.4. The predicted molar refractivity (Wildman–Crippen MR) is 77.5 cm³/mol. The summed E-state index contributed by atoms with van der Waals surface area (Å²) in [6.45, 7) is 2.47. The van der Waals surface area contributed by atoms with Gasteiger partial charge in [0.25, 0.3) is 0 Å². The first-order chi connectivity index (χ1) is 9.16. The Kier molecular flexibility index (Phi) is 12.7. The normalized spacial score (nSPS) is 11.6. The van der Waals surface area contributed by atoms with Crippen molar-refractivity contribution >= 4 is 5.97 Å². The zero-order valence-corrected chi connectivity index (χ0v) is 12.2. The molecular weight excluding hydrogens is 242 g/mol. The maximum atomic E-state index is 11.1. The third-order valence-corrected chi connectivity index (χ3v) is 2.89. The van der Waals surface area contributed by atoms with Gasteiger partial charge in [-0.05, 0) is 19.8 Å². The van der Waals surface area contributed by atoms with Crippen LogP contribution >= 0.6 is 0 Å². The van der Waals surface area contributed by atoms with Crippen LogP contribution in [0.2, 0.25) is 0 Å². The smallest absolute Gasteiger partial charge is 0.332 e. The highest BCUT2D eigenvalue weighted by molar-refractivity contribution is 5.82. The van der Waals surface area contributed by atoms with Crippen LogP contribution in [0.4, 0.5) is 0 Å². The molecule has 0 aliphatic heterocycles. The summed E-state index contributed by atoms with van der Waals surface area (Å²) in [4.78, 5) is 11.1. The molecule has 4 nitrogen and oxygen atoms in total. The van der Waals surface area contributed by atoms with Gasteiger partial charge in [0.15, 0.2) is 0 Å². The Hall–Kier alpha value is -1.03. The van der Waals surface area contributed by atoms with Crippen LogP contribution in [0.15, 0.2) is 11.8 Å². The van der Waals surface area contributed by atoms with E-state index in [-0.39, 0.29) is 5.97 Å². The Labute approximate surface area is 117 Å². The van der Waals surface area contributed by atoms with Crippen molar-refractivity contribution in [2.45, 2.75) is 64.7 Å². The summed E-state index contributed by atoms with van der Waals surface area (Å²) >= 11 is 0. The molecule has 0 bridgehead atoms. The Bertz CT molecular complexity index is 248. The molecule has 0 amide bonds. The fourth-order valence-electron chi connectivity index (χ4n) is 1.85. The summed E-state index contributed by atoms with van der Waals surface area (Å²) in [7, 11) is 0. The largest absolute Gasteiger partial charge is 0.462 e. The molecule has 0 aromatic rings. The molecule has 0 aliphatic carbocycles. The standard InChI is InChI=1S/C15H29NO3/c1-14(16)13-15(18)19-12-10-8-6-4-2-3-5-7-9-11-17/h13,17H,2-12,16H2,1H3/b14-13-. The first-order valence-electron chi connectivity index (χ1n) is 7.38. The van der Waals surface area contributed by atoms with Crippen LogP contribution in [-0.2, 0) is 9.53 Å². The Morgan fingerprint density at radius 1 is 1.00 bits per heavy atom. The number of allylic oxidation sites excluding steroid dienone is 1. The van der Waals surface area contributed by atoms with Crippen molar-refractivity contribution in [2.24, 2.45) is 5.73 Å². The van der Waals surface area contributed by atoms with E-state index in [1.54, 1.807) is 6.92 Å². The van der Waals surface area contributed by atoms with Crippen LogP contribution in [-0.4, -0.2) is 24.3 Å². The lowest BCUT2D eigenvalue weighted by molar-refractivity contribution is -0.137. The quantitative estimate of drug-likeness (QED) is 0.325. The molecular formula is C15H29NO3. The molecule has 0 radical (unpaired) electrons. The molecule has 112 valence electrons. The lowest BCUT2D eigenvalue weighted by Gasteiger charge is -2.03. The van der Waals surface area contributed by atoms with Crippen molar-refractivity contribution in [1.82, 2.24) is 0 Å². The molecule has 0 fully saturated rings. The van der Waals surface area contributed by atoms with E-state index in [0.29, 0.717) is 18.9 Å². The second-order valence-corrected chi connectivity index (χ2v) is 4.96. The fraction of sp³-hybridized carbons (Fsp3) is 0.800. The molecule has 0 aromatic heterocycles. The van der Waals surface area contributed by atoms with Gasteiger partial charge in [-0.15, -0.1) is 0 Å². The van der Waals surface area contributed by atoms with Crippen LogP contribution in [0.5, 0.6) is 0 Å². The van der Waals surface area contributed by atoms with Gasteiger partial charge in [0, 0.05) is 18.4 Å². The minimum Gasteiger partial charge on any atom is -0.462 e. The number of hydrogen-bond acceptors (Lipinski definition) is 4. The topological polar surface area (TPSA) is 72.6 Å². The number of nitrogens with two attached hydrogens (primary N) is 1. The lowest BCUT2D eigenvalue weighted by atomic mass is 10.1. The number of carbonyl (C=O) groups is 1. The summed E-state index contributed by atoms with van der Waals surface area (Å²) in [5.74, 6) is -0.344. The van der Waals surface area contributed by atoms with Crippen molar-refractivity contribution < 1.29 is 14.6 Å². The zero-order chi connectivity index (χ0) is 14.3. The van der Waals surface area contributed by atoms with Gasteiger partial charge >= 0.3 is 5.97 Å². The third-order valence-electron chi connectivity index (χ3n) is 2.89. The zero-order valence-electron chi connectivity index (χ0n) is 12.2. The second-order valence-electron chi connectivity index (χ2n) is 4.96. The minimum atomic E-state index is -0.344. The molecule has 0 rings (SSSR count). The number of unbranched alkanes of at least 4 members (excludes halogenated alkanes) is 8. The van der Waals surface area contributed by atoms with Gasteiger partial charge in [0.2, 0.25) is 0 Å². The minimum absolute atomic E-state index is 0.317. The van der Waals surface area contributed by atoms with E-state index >= 15 is 0 Å². The van der Waals surface area contributed by atoms with Gasteiger partial charge in [0.05, 0.1) is 6.61 Å². The van der Waals surface area contributed by atoms with E-state index in [1.165, 1.54) is 38.2 Å². The fourth-order valence-corrected chi connectivity index (χ4v) is 1.85. The Balaban J connectivity index is 3.15. The SMILES string of the molecule is C/C(N)=C/C(=O)OCCCCCCCCCCCO. The number of aliphatic hydroxyl groups is 1. The van der Waals surface area contributed by atoms with Crippen molar-refractivity contribution in [3.8, 4) is 0 Å². The van der Waals surface area contributed by atoms with Gasteiger partial charge in [-0.25, -0.2) is 4.79 Å². The Morgan fingerprint density at radius 2 is 1.47 bits per heavy atom. The van der Waals surface area contributed by atoms with Crippen molar-refractivity contribution in [3.05, 3.63) is 11.8 Å². The summed E-state index contributed by atoms with van der Waals surface area (Å²) in [6, 6.07) is 0. The summed E-state index contributed by atoms with van der Waals surface area (Å²) in [5.41, 5.74) is 5.85. The number of ether oxygens (including phenoxy) is 1. The van der Waals surface area contributed by atoms with Gasteiger partial charge in [-0.2, -0.15) is 0 Å². The van der Waals surface area contributed by atoms with E-state index in [4.69, 9.17) is 15.6 Å². The number of hydrogen-bond donors (Lipinski definition) is 2. The van der Waals surface area contributed by atoms with Crippen LogP contribution in [0.25, 0.3) is 0 Å². The van der Waals surface area contributed by atoms with E-state index in [2.05, 4.69) is 0 Å². The van der Waals surface area contributed by atoms with Crippen molar-refractivity contribution in [1.29, 1.82) is 0 Å². The summed E-state index contributed by atoms with van der Waals surface area (Å²) < 4.78 is 5.01. The molecule has 0 aliphatic rings. The highest BCUT2D eigenvalue weighted by Crippen LogP contribution is 2.09. The van der Waals surface area contributed by atoms with Crippen LogP contribution in [0.1, 0.15) is 64.7 Å². The molecule has 0 unspecified atom stereocenters. The van der Waals surface area contributed by atoms with Crippen LogP contribution < -0.4 is 5.73 Å². The summed E-state index contributed by atoms with van der Waals surface area (Å²) in [5, 5.41) is 8.63. The number of rotatable bonds is 12. The molecule has 0 spiro atoms. The first kappa shape index (κ1) is 18.0. The molecule has 3 N–H and O–H groups in total. The maximum Gasteiger partial charge on any atom is 0.332 e. The first-order valence-corrected chi connectivity index (χ1v) is 7.38.